The van der Waals surface area contributed by atoms with Crippen LogP contribution in [0.4, 0.5) is 5.69 Å². The van der Waals surface area contributed by atoms with Crippen LogP contribution >= 0.6 is 0 Å². The highest BCUT2D eigenvalue weighted by Crippen LogP contribution is 2.35. The Balaban J connectivity index is 1.73. The van der Waals surface area contributed by atoms with Crippen LogP contribution < -0.4 is 11.1 Å². The van der Waals surface area contributed by atoms with Crippen molar-refractivity contribution in [3.8, 4) is 11.1 Å². The molecule has 168 valence electrons. The van der Waals surface area contributed by atoms with E-state index in [4.69, 9.17) is 10.7 Å². The number of hydrogen-bond donors (Lipinski definition) is 2. The third-order valence-electron chi connectivity index (χ3n) is 5.36. The van der Waals surface area contributed by atoms with Gasteiger partial charge >= 0.3 is 0 Å². The minimum Gasteiger partial charge on any atom is -0.379 e. The van der Waals surface area contributed by atoms with Crippen molar-refractivity contribution in [2.75, 3.05) is 0 Å². The van der Waals surface area contributed by atoms with Crippen molar-refractivity contribution in [3.63, 3.8) is 0 Å². The third-order valence-corrected chi connectivity index (χ3v) is 5.36. The third kappa shape index (κ3) is 5.24. The zero-order valence-corrected chi connectivity index (χ0v) is 18.9. The number of rotatable bonds is 8. The Morgan fingerprint density at radius 2 is 1.76 bits per heavy atom. The summed E-state index contributed by atoms with van der Waals surface area (Å²) >= 11 is 0. The zero-order valence-electron chi connectivity index (χ0n) is 18.9. The second kappa shape index (κ2) is 10.4. The molecule has 1 amide bonds. The molecule has 0 fully saturated rings. The number of carbonyl (C=O) groups excluding carboxylic acids is 1. The molecular formula is C28H25N5O. The van der Waals surface area contributed by atoms with Gasteiger partial charge < -0.3 is 11.1 Å². The van der Waals surface area contributed by atoms with E-state index in [-0.39, 0.29) is 5.69 Å². The number of nitrogens with zero attached hydrogens (tertiary/aromatic N) is 3. The normalized spacial score (nSPS) is 11.1. The van der Waals surface area contributed by atoms with Gasteiger partial charge in [0.15, 0.2) is 0 Å². The lowest BCUT2D eigenvalue weighted by Gasteiger charge is -2.17. The first-order valence-electron chi connectivity index (χ1n) is 10.9. The first kappa shape index (κ1) is 22.6. The molecule has 0 bridgehead atoms. The van der Waals surface area contributed by atoms with Crippen molar-refractivity contribution in [1.82, 2.24) is 15.3 Å². The van der Waals surface area contributed by atoms with Crippen LogP contribution in [0.25, 0.3) is 16.8 Å². The first-order chi connectivity index (χ1) is 16.5. The van der Waals surface area contributed by atoms with Gasteiger partial charge in [-0.1, -0.05) is 55.1 Å². The number of nitrogens with one attached hydrogen (secondary N) is 1. The van der Waals surface area contributed by atoms with Gasteiger partial charge in [0, 0.05) is 34.9 Å². The van der Waals surface area contributed by atoms with Gasteiger partial charge in [-0.15, -0.1) is 0 Å². The van der Waals surface area contributed by atoms with Gasteiger partial charge in [0.05, 0.1) is 17.9 Å². The highest BCUT2D eigenvalue weighted by Gasteiger charge is 2.14. The predicted octanol–water partition coefficient (Wildman–Crippen LogP) is 5.14. The largest absolute Gasteiger partial charge is 0.379 e. The molecule has 0 saturated heterocycles. The molecule has 6 heteroatoms. The maximum atomic E-state index is 11.3. The van der Waals surface area contributed by atoms with E-state index in [0.717, 1.165) is 45.0 Å². The second-order valence-electron chi connectivity index (χ2n) is 7.71. The van der Waals surface area contributed by atoms with Gasteiger partial charge in [-0.25, -0.2) is 0 Å². The lowest BCUT2D eigenvalue weighted by atomic mass is 9.96. The Morgan fingerprint density at radius 3 is 2.44 bits per heavy atom. The molecule has 6 nitrogen and oxygen atoms in total. The van der Waals surface area contributed by atoms with Crippen LogP contribution in [0.3, 0.4) is 0 Å². The van der Waals surface area contributed by atoms with Gasteiger partial charge in [0.1, 0.15) is 5.69 Å². The summed E-state index contributed by atoms with van der Waals surface area (Å²) in [6, 6.07) is 25.4. The second-order valence-corrected chi connectivity index (χ2v) is 7.71. The molecule has 0 aliphatic rings. The maximum absolute atomic E-state index is 11.3. The first-order valence-corrected chi connectivity index (χ1v) is 10.9. The van der Waals surface area contributed by atoms with Gasteiger partial charge in [-0.05, 0) is 48.4 Å². The summed E-state index contributed by atoms with van der Waals surface area (Å²) in [6.45, 7) is 6.78. The summed E-state index contributed by atoms with van der Waals surface area (Å²) in [5, 5.41) is 3.41. The molecule has 0 radical (unpaired) electrons. The van der Waals surface area contributed by atoms with Crippen LogP contribution in [0.1, 0.15) is 34.2 Å². The number of amides is 1. The molecule has 3 N–H and O–H groups in total. The molecule has 2 aromatic heterocycles. The fourth-order valence-corrected chi connectivity index (χ4v) is 3.60. The van der Waals surface area contributed by atoms with E-state index in [2.05, 4.69) is 40.1 Å². The minimum atomic E-state index is -0.561. The molecule has 34 heavy (non-hydrogen) atoms. The average molecular weight is 448 g/mol. The van der Waals surface area contributed by atoms with E-state index in [1.54, 1.807) is 24.5 Å². The molecule has 0 unspecified atom stereocenters. The van der Waals surface area contributed by atoms with Crippen LogP contribution in [0.5, 0.6) is 0 Å². The molecule has 4 rings (SSSR count). The number of primary amides is 1. The quantitative estimate of drug-likeness (QED) is 0.366. The monoisotopic (exact) mass is 447 g/mol. The van der Waals surface area contributed by atoms with Crippen molar-refractivity contribution in [2.45, 2.75) is 13.5 Å². The topological polar surface area (TPSA) is 93.3 Å². The number of benzene rings is 2. The van der Waals surface area contributed by atoms with Crippen molar-refractivity contribution < 1.29 is 4.79 Å². The van der Waals surface area contributed by atoms with E-state index in [1.807, 2.05) is 55.5 Å². The average Bonchev–Trinajstić information content (AvgIpc) is 2.88. The standard InChI is InChI=1S/C28H25N5O/c1-19(22-14-15-26(28(29)34)32-17-22)33-25-13-8-12-24(21-9-4-3-5-10-21)27(25)20(2)31-18-23-11-6-7-16-30-23/h3-17,31H,2,18H2,1H3,(H2,29,34)/b33-19+. The van der Waals surface area contributed by atoms with Crippen LogP contribution in [0, 0.1) is 0 Å². The highest BCUT2D eigenvalue weighted by atomic mass is 16.1. The Labute approximate surface area is 198 Å². The summed E-state index contributed by atoms with van der Waals surface area (Å²) < 4.78 is 0. The number of aromatic nitrogens is 2. The van der Waals surface area contributed by atoms with Crippen LogP contribution in [0.15, 0.2) is 103 Å². The van der Waals surface area contributed by atoms with E-state index < -0.39 is 5.91 Å². The molecule has 0 saturated carbocycles. The van der Waals surface area contributed by atoms with Gasteiger partial charge in [0.2, 0.25) is 0 Å². The Hall–Kier alpha value is -4.58. The summed E-state index contributed by atoms with van der Waals surface area (Å²) in [5.41, 5.74) is 12.5. The summed E-state index contributed by atoms with van der Waals surface area (Å²) in [7, 11) is 0. The number of carbonyl (C=O) groups is 1. The maximum Gasteiger partial charge on any atom is 0.267 e. The van der Waals surface area contributed by atoms with Crippen LogP contribution in [0.2, 0.25) is 0 Å². The molecule has 0 aliphatic carbocycles. The smallest absolute Gasteiger partial charge is 0.267 e. The Kier molecular flexibility index (Phi) is 6.89. The minimum absolute atomic E-state index is 0.218. The molecule has 2 heterocycles. The predicted molar refractivity (Wildman–Crippen MR) is 137 cm³/mol. The SMILES string of the molecule is C=C(NCc1ccccn1)c1c(/N=C(\C)c2ccc(C(N)=O)nc2)cccc1-c1ccccc1. The molecular weight excluding hydrogens is 422 g/mol. The number of hydrogen-bond acceptors (Lipinski definition) is 5. The highest BCUT2D eigenvalue weighted by molar-refractivity contribution is 6.02. The molecule has 2 aromatic carbocycles. The number of pyridine rings is 2. The fourth-order valence-electron chi connectivity index (χ4n) is 3.60. The number of nitrogens with two attached hydrogens (primary N) is 1. The summed E-state index contributed by atoms with van der Waals surface area (Å²) in [5.74, 6) is -0.561. The molecule has 0 spiro atoms. The van der Waals surface area contributed by atoms with E-state index in [1.165, 1.54) is 0 Å². The van der Waals surface area contributed by atoms with E-state index in [9.17, 15) is 4.79 Å². The zero-order chi connectivity index (χ0) is 23.9. The van der Waals surface area contributed by atoms with Crippen molar-refractivity contribution in [1.29, 1.82) is 0 Å². The Morgan fingerprint density at radius 1 is 0.971 bits per heavy atom. The van der Waals surface area contributed by atoms with Crippen LogP contribution in [-0.2, 0) is 6.54 Å². The molecule has 0 atom stereocenters. The molecule has 4 aromatic rings. The lowest BCUT2D eigenvalue weighted by Crippen LogP contribution is -2.13. The van der Waals surface area contributed by atoms with Gasteiger partial charge in [-0.2, -0.15) is 0 Å². The van der Waals surface area contributed by atoms with Gasteiger partial charge in [-0.3, -0.25) is 19.8 Å². The van der Waals surface area contributed by atoms with Gasteiger partial charge in [0.25, 0.3) is 5.91 Å². The summed E-state index contributed by atoms with van der Waals surface area (Å²) in [4.78, 5) is 24.8. The summed E-state index contributed by atoms with van der Waals surface area (Å²) in [6.07, 6.45) is 3.38. The Bertz CT molecular complexity index is 1330. The number of aliphatic imine (C=N–C) groups is 1. The van der Waals surface area contributed by atoms with Crippen molar-refractivity contribution in [3.05, 3.63) is 120 Å². The van der Waals surface area contributed by atoms with Crippen molar-refractivity contribution >= 4 is 23.0 Å². The lowest BCUT2D eigenvalue weighted by molar-refractivity contribution is 0.0995. The molecule has 0 aliphatic heterocycles. The van der Waals surface area contributed by atoms with E-state index in [0.29, 0.717) is 6.54 Å². The van der Waals surface area contributed by atoms with E-state index >= 15 is 0 Å². The van der Waals surface area contributed by atoms with Crippen LogP contribution in [-0.4, -0.2) is 21.6 Å². The van der Waals surface area contributed by atoms with Crippen molar-refractivity contribution in [2.24, 2.45) is 10.7 Å². The fraction of sp³-hybridized carbons (Fsp3) is 0.0714.